The highest BCUT2D eigenvalue weighted by Gasteiger charge is 2.04. The van der Waals surface area contributed by atoms with E-state index in [0.717, 1.165) is 24.3 Å². The SMILES string of the molecule is CC[C@H](CO)NCc1cccc(OCc2ccc(C)cc2)c1. The molecule has 22 heavy (non-hydrogen) atoms. The van der Waals surface area contributed by atoms with Crippen LogP contribution >= 0.6 is 0 Å². The zero-order chi connectivity index (χ0) is 15.8. The molecule has 0 heterocycles. The smallest absolute Gasteiger partial charge is 0.120 e. The van der Waals surface area contributed by atoms with E-state index in [4.69, 9.17) is 4.74 Å². The molecule has 0 saturated heterocycles. The lowest BCUT2D eigenvalue weighted by Gasteiger charge is -2.14. The van der Waals surface area contributed by atoms with E-state index in [9.17, 15) is 5.11 Å². The Hall–Kier alpha value is -1.84. The van der Waals surface area contributed by atoms with Crippen LogP contribution in [0.4, 0.5) is 0 Å². The first-order valence-corrected chi connectivity index (χ1v) is 7.82. The number of aryl methyl sites for hydroxylation is 1. The molecular formula is C19H25NO2. The number of ether oxygens (including phenoxy) is 1. The van der Waals surface area contributed by atoms with E-state index in [0.29, 0.717) is 6.61 Å². The quantitative estimate of drug-likeness (QED) is 0.784. The van der Waals surface area contributed by atoms with Gasteiger partial charge in [-0.25, -0.2) is 0 Å². The van der Waals surface area contributed by atoms with Gasteiger partial charge in [0.1, 0.15) is 12.4 Å². The molecular weight excluding hydrogens is 274 g/mol. The normalized spacial score (nSPS) is 12.1. The number of benzene rings is 2. The first-order chi connectivity index (χ1) is 10.7. The highest BCUT2D eigenvalue weighted by Crippen LogP contribution is 2.15. The third-order valence-corrected chi connectivity index (χ3v) is 3.73. The Morgan fingerprint density at radius 3 is 2.55 bits per heavy atom. The van der Waals surface area contributed by atoms with Crippen molar-refractivity contribution in [1.29, 1.82) is 0 Å². The average molecular weight is 299 g/mol. The van der Waals surface area contributed by atoms with Gasteiger partial charge in [-0.2, -0.15) is 0 Å². The maximum atomic E-state index is 9.20. The summed E-state index contributed by atoms with van der Waals surface area (Å²) in [5.41, 5.74) is 3.58. The van der Waals surface area contributed by atoms with Gasteiger partial charge in [0.15, 0.2) is 0 Å². The Kier molecular flexibility index (Phi) is 6.44. The molecule has 0 fully saturated rings. The van der Waals surface area contributed by atoms with E-state index in [2.05, 4.69) is 49.5 Å². The number of hydrogen-bond acceptors (Lipinski definition) is 3. The zero-order valence-electron chi connectivity index (χ0n) is 13.4. The number of aliphatic hydroxyl groups excluding tert-OH is 1. The summed E-state index contributed by atoms with van der Waals surface area (Å²) in [6, 6.07) is 16.6. The summed E-state index contributed by atoms with van der Waals surface area (Å²) < 4.78 is 5.85. The van der Waals surface area contributed by atoms with E-state index in [1.807, 2.05) is 18.2 Å². The van der Waals surface area contributed by atoms with Crippen molar-refractivity contribution >= 4 is 0 Å². The summed E-state index contributed by atoms with van der Waals surface area (Å²) in [4.78, 5) is 0. The van der Waals surface area contributed by atoms with Crippen LogP contribution in [0.25, 0.3) is 0 Å². The Morgan fingerprint density at radius 2 is 1.86 bits per heavy atom. The predicted octanol–water partition coefficient (Wildman–Crippen LogP) is 3.43. The van der Waals surface area contributed by atoms with Gasteiger partial charge < -0.3 is 15.2 Å². The van der Waals surface area contributed by atoms with E-state index in [1.165, 1.54) is 11.1 Å². The fourth-order valence-corrected chi connectivity index (χ4v) is 2.20. The van der Waals surface area contributed by atoms with E-state index in [1.54, 1.807) is 0 Å². The molecule has 0 aliphatic rings. The molecule has 1 atom stereocenters. The summed E-state index contributed by atoms with van der Waals surface area (Å²) in [5, 5.41) is 12.5. The predicted molar refractivity (Wildman–Crippen MR) is 90.0 cm³/mol. The lowest BCUT2D eigenvalue weighted by molar-refractivity contribution is 0.238. The molecule has 3 nitrogen and oxygen atoms in total. The zero-order valence-corrected chi connectivity index (χ0v) is 13.4. The lowest BCUT2D eigenvalue weighted by Crippen LogP contribution is -2.31. The molecule has 2 rings (SSSR count). The van der Waals surface area contributed by atoms with Crippen LogP contribution < -0.4 is 10.1 Å². The Labute approximate surface area is 133 Å². The van der Waals surface area contributed by atoms with Gasteiger partial charge in [-0.15, -0.1) is 0 Å². The van der Waals surface area contributed by atoms with Crippen LogP contribution in [0.2, 0.25) is 0 Å². The van der Waals surface area contributed by atoms with Crippen LogP contribution in [0.1, 0.15) is 30.0 Å². The van der Waals surface area contributed by atoms with Crippen LogP contribution in [0, 0.1) is 6.92 Å². The minimum absolute atomic E-state index is 0.150. The average Bonchev–Trinajstić information content (AvgIpc) is 2.56. The molecule has 118 valence electrons. The molecule has 2 aromatic rings. The molecule has 0 aliphatic carbocycles. The molecule has 0 unspecified atom stereocenters. The first-order valence-electron chi connectivity index (χ1n) is 7.82. The van der Waals surface area contributed by atoms with Gasteiger partial charge in [0, 0.05) is 12.6 Å². The summed E-state index contributed by atoms with van der Waals surface area (Å²) in [7, 11) is 0. The van der Waals surface area contributed by atoms with Gasteiger partial charge >= 0.3 is 0 Å². The third kappa shape index (κ3) is 5.17. The van der Waals surface area contributed by atoms with Gasteiger partial charge in [0.2, 0.25) is 0 Å². The van der Waals surface area contributed by atoms with Crippen molar-refractivity contribution < 1.29 is 9.84 Å². The van der Waals surface area contributed by atoms with Gasteiger partial charge in [0.25, 0.3) is 0 Å². The van der Waals surface area contributed by atoms with Crippen molar-refractivity contribution in [3.05, 3.63) is 65.2 Å². The monoisotopic (exact) mass is 299 g/mol. The number of aliphatic hydroxyl groups is 1. The maximum absolute atomic E-state index is 9.20. The van der Waals surface area contributed by atoms with Gasteiger partial charge in [0.05, 0.1) is 6.61 Å². The third-order valence-electron chi connectivity index (χ3n) is 3.73. The molecule has 0 aliphatic heterocycles. The fourth-order valence-electron chi connectivity index (χ4n) is 2.20. The summed E-state index contributed by atoms with van der Waals surface area (Å²) in [5.74, 6) is 0.872. The van der Waals surface area contributed by atoms with E-state index in [-0.39, 0.29) is 12.6 Å². The number of hydrogen-bond donors (Lipinski definition) is 2. The Morgan fingerprint density at radius 1 is 1.09 bits per heavy atom. The van der Waals surface area contributed by atoms with Crippen molar-refractivity contribution in [2.75, 3.05) is 6.61 Å². The summed E-state index contributed by atoms with van der Waals surface area (Å²) >= 11 is 0. The standard InChI is InChI=1S/C19H25NO2/c1-3-18(13-21)20-12-17-5-4-6-19(11-17)22-14-16-9-7-15(2)8-10-16/h4-11,18,20-21H,3,12-14H2,1-2H3/t18-/m1/s1. The van der Waals surface area contributed by atoms with Crippen molar-refractivity contribution in [3.63, 3.8) is 0 Å². The van der Waals surface area contributed by atoms with Crippen LogP contribution in [0.15, 0.2) is 48.5 Å². The molecule has 0 bridgehead atoms. The van der Waals surface area contributed by atoms with Crippen molar-refractivity contribution in [3.8, 4) is 5.75 Å². The van der Waals surface area contributed by atoms with Crippen molar-refractivity contribution in [2.24, 2.45) is 0 Å². The molecule has 2 aromatic carbocycles. The van der Waals surface area contributed by atoms with Crippen LogP contribution in [-0.2, 0) is 13.2 Å². The summed E-state index contributed by atoms with van der Waals surface area (Å²) in [6.45, 7) is 5.62. The molecule has 0 spiro atoms. The van der Waals surface area contributed by atoms with E-state index < -0.39 is 0 Å². The molecule has 0 aromatic heterocycles. The number of nitrogens with one attached hydrogen (secondary N) is 1. The Bertz CT molecular complexity index is 562. The van der Waals surface area contributed by atoms with E-state index >= 15 is 0 Å². The summed E-state index contributed by atoms with van der Waals surface area (Å²) in [6.07, 6.45) is 0.917. The van der Waals surface area contributed by atoms with Crippen molar-refractivity contribution in [1.82, 2.24) is 5.32 Å². The molecule has 2 N–H and O–H groups in total. The van der Waals surface area contributed by atoms with Gasteiger partial charge in [-0.05, 0) is 36.6 Å². The molecule has 0 radical (unpaired) electrons. The second-order valence-electron chi connectivity index (χ2n) is 5.59. The molecule has 0 amide bonds. The number of rotatable bonds is 8. The lowest BCUT2D eigenvalue weighted by atomic mass is 10.1. The molecule has 0 saturated carbocycles. The maximum Gasteiger partial charge on any atom is 0.120 e. The minimum atomic E-state index is 0.150. The highest BCUT2D eigenvalue weighted by atomic mass is 16.5. The second-order valence-corrected chi connectivity index (χ2v) is 5.59. The van der Waals surface area contributed by atoms with Crippen molar-refractivity contribution in [2.45, 2.75) is 39.5 Å². The minimum Gasteiger partial charge on any atom is -0.489 e. The topological polar surface area (TPSA) is 41.5 Å². The highest BCUT2D eigenvalue weighted by molar-refractivity contribution is 5.29. The van der Waals surface area contributed by atoms with Crippen LogP contribution in [-0.4, -0.2) is 17.8 Å². The van der Waals surface area contributed by atoms with Gasteiger partial charge in [-0.3, -0.25) is 0 Å². The van der Waals surface area contributed by atoms with Crippen LogP contribution in [0.5, 0.6) is 5.75 Å². The van der Waals surface area contributed by atoms with Gasteiger partial charge in [-0.1, -0.05) is 48.9 Å². The van der Waals surface area contributed by atoms with Crippen LogP contribution in [0.3, 0.4) is 0 Å². The largest absolute Gasteiger partial charge is 0.489 e. The fraction of sp³-hybridized carbons (Fsp3) is 0.368. The Balaban J connectivity index is 1.89. The second kappa shape index (κ2) is 8.57. The first kappa shape index (κ1) is 16.5. The molecule has 3 heteroatoms.